The molecule has 0 aromatic carbocycles. The Kier molecular flexibility index (Phi) is 5.62. The van der Waals surface area contributed by atoms with Crippen molar-refractivity contribution in [2.45, 2.75) is 71.0 Å². The Balaban J connectivity index is 2.20. The van der Waals surface area contributed by atoms with Gasteiger partial charge in [-0.05, 0) is 39.7 Å². The molecule has 0 aliphatic heterocycles. The smallest absolute Gasteiger partial charge is 0.0754 e. The van der Waals surface area contributed by atoms with Crippen molar-refractivity contribution in [1.29, 1.82) is 0 Å². The van der Waals surface area contributed by atoms with Gasteiger partial charge in [-0.3, -0.25) is 0 Å². The van der Waals surface area contributed by atoms with Gasteiger partial charge in [-0.2, -0.15) is 0 Å². The lowest BCUT2D eigenvalue weighted by Gasteiger charge is -2.33. The maximum Gasteiger partial charge on any atom is 0.0754 e. The summed E-state index contributed by atoms with van der Waals surface area (Å²) in [7, 11) is 0. The Bertz CT molecular complexity index is 162. The lowest BCUT2D eigenvalue weighted by Crippen LogP contribution is -2.41. The SMILES string of the molecule is CCCNCC(C)(C)OC1CCCCC1. The fourth-order valence-corrected chi connectivity index (χ4v) is 2.24. The Morgan fingerprint density at radius 1 is 1.20 bits per heavy atom. The molecule has 1 saturated carbocycles. The fraction of sp³-hybridized carbons (Fsp3) is 1.00. The third kappa shape index (κ3) is 5.53. The molecular formula is C13H27NO. The van der Waals surface area contributed by atoms with Crippen molar-refractivity contribution in [3.8, 4) is 0 Å². The molecule has 0 spiro atoms. The quantitative estimate of drug-likeness (QED) is 0.685. The molecule has 2 heteroatoms. The summed E-state index contributed by atoms with van der Waals surface area (Å²) in [5, 5.41) is 3.44. The largest absolute Gasteiger partial charge is 0.371 e. The van der Waals surface area contributed by atoms with E-state index in [1.165, 1.54) is 38.5 Å². The zero-order valence-electron chi connectivity index (χ0n) is 10.6. The van der Waals surface area contributed by atoms with Gasteiger partial charge in [-0.25, -0.2) is 0 Å². The van der Waals surface area contributed by atoms with Crippen LogP contribution >= 0.6 is 0 Å². The second kappa shape index (κ2) is 6.49. The minimum atomic E-state index is -0.00280. The highest BCUT2D eigenvalue weighted by Crippen LogP contribution is 2.24. The van der Waals surface area contributed by atoms with Crippen LogP contribution in [0.25, 0.3) is 0 Å². The molecule has 1 fully saturated rings. The first-order valence-electron chi connectivity index (χ1n) is 6.52. The number of rotatable bonds is 6. The molecule has 0 atom stereocenters. The first kappa shape index (κ1) is 13.0. The lowest BCUT2D eigenvalue weighted by atomic mass is 9.97. The van der Waals surface area contributed by atoms with E-state index in [9.17, 15) is 0 Å². The van der Waals surface area contributed by atoms with Gasteiger partial charge in [-0.1, -0.05) is 26.2 Å². The summed E-state index contributed by atoms with van der Waals surface area (Å²) in [5.74, 6) is 0. The van der Waals surface area contributed by atoms with Crippen LogP contribution in [0.2, 0.25) is 0 Å². The van der Waals surface area contributed by atoms with Gasteiger partial charge < -0.3 is 10.1 Å². The summed E-state index contributed by atoms with van der Waals surface area (Å²) < 4.78 is 6.16. The zero-order valence-corrected chi connectivity index (χ0v) is 10.6. The second-order valence-electron chi connectivity index (χ2n) is 5.31. The van der Waals surface area contributed by atoms with Crippen molar-refractivity contribution in [1.82, 2.24) is 5.32 Å². The Morgan fingerprint density at radius 2 is 1.87 bits per heavy atom. The Labute approximate surface area is 94.8 Å². The van der Waals surface area contributed by atoms with Gasteiger partial charge >= 0.3 is 0 Å². The van der Waals surface area contributed by atoms with Gasteiger partial charge in [0.15, 0.2) is 0 Å². The Morgan fingerprint density at radius 3 is 2.47 bits per heavy atom. The summed E-state index contributed by atoms with van der Waals surface area (Å²) in [4.78, 5) is 0. The molecule has 0 aromatic heterocycles. The normalized spacial score (nSPS) is 19.4. The van der Waals surface area contributed by atoms with E-state index >= 15 is 0 Å². The zero-order chi connectivity index (χ0) is 11.1. The maximum atomic E-state index is 6.16. The maximum absolute atomic E-state index is 6.16. The molecule has 0 aromatic rings. The highest BCUT2D eigenvalue weighted by molar-refractivity contribution is 4.76. The van der Waals surface area contributed by atoms with E-state index in [1.54, 1.807) is 0 Å². The molecule has 0 heterocycles. The number of hydrogen-bond acceptors (Lipinski definition) is 2. The van der Waals surface area contributed by atoms with Crippen molar-refractivity contribution in [2.24, 2.45) is 0 Å². The van der Waals surface area contributed by atoms with Crippen molar-refractivity contribution < 1.29 is 4.74 Å². The summed E-state index contributed by atoms with van der Waals surface area (Å²) in [6.45, 7) is 8.66. The summed E-state index contributed by atoms with van der Waals surface area (Å²) >= 11 is 0. The van der Waals surface area contributed by atoms with Gasteiger partial charge in [-0.15, -0.1) is 0 Å². The summed E-state index contributed by atoms with van der Waals surface area (Å²) in [6.07, 6.45) is 8.33. The molecule has 1 N–H and O–H groups in total. The topological polar surface area (TPSA) is 21.3 Å². The van der Waals surface area contributed by atoms with Crippen LogP contribution in [-0.4, -0.2) is 24.8 Å². The average molecular weight is 213 g/mol. The minimum absolute atomic E-state index is 0.00280. The van der Waals surface area contributed by atoms with Gasteiger partial charge in [0, 0.05) is 6.54 Å². The fourth-order valence-electron chi connectivity index (χ4n) is 2.24. The lowest BCUT2D eigenvalue weighted by molar-refractivity contribution is -0.0824. The molecule has 15 heavy (non-hydrogen) atoms. The molecule has 90 valence electrons. The van der Waals surface area contributed by atoms with Crippen LogP contribution in [0.4, 0.5) is 0 Å². The predicted molar refractivity (Wildman–Crippen MR) is 65.2 cm³/mol. The standard InChI is InChI=1S/C13H27NO/c1-4-10-14-11-13(2,3)15-12-8-6-5-7-9-12/h12,14H,4-11H2,1-3H3. The molecule has 0 amide bonds. The van der Waals surface area contributed by atoms with E-state index in [-0.39, 0.29) is 5.60 Å². The first-order chi connectivity index (χ1) is 7.14. The third-order valence-electron chi connectivity index (χ3n) is 3.02. The predicted octanol–water partition coefficient (Wildman–Crippen LogP) is 3.11. The van der Waals surface area contributed by atoms with Crippen LogP contribution in [0.5, 0.6) is 0 Å². The minimum Gasteiger partial charge on any atom is -0.371 e. The monoisotopic (exact) mass is 213 g/mol. The highest BCUT2D eigenvalue weighted by atomic mass is 16.5. The number of ether oxygens (including phenoxy) is 1. The Hall–Kier alpha value is -0.0800. The molecule has 1 aliphatic carbocycles. The average Bonchev–Trinajstić information content (AvgIpc) is 2.18. The van der Waals surface area contributed by atoms with Crippen LogP contribution in [0.15, 0.2) is 0 Å². The molecule has 1 aliphatic rings. The van der Waals surface area contributed by atoms with Gasteiger partial charge in [0.25, 0.3) is 0 Å². The molecule has 2 nitrogen and oxygen atoms in total. The third-order valence-corrected chi connectivity index (χ3v) is 3.02. The molecule has 0 bridgehead atoms. The molecular weight excluding hydrogens is 186 g/mol. The van der Waals surface area contributed by atoms with E-state index in [0.717, 1.165) is 13.1 Å². The van der Waals surface area contributed by atoms with Crippen molar-refractivity contribution in [3.05, 3.63) is 0 Å². The highest BCUT2D eigenvalue weighted by Gasteiger charge is 2.24. The van der Waals surface area contributed by atoms with E-state index < -0.39 is 0 Å². The van der Waals surface area contributed by atoms with E-state index in [1.807, 2.05) is 0 Å². The number of nitrogens with one attached hydrogen (secondary N) is 1. The molecule has 0 saturated heterocycles. The molecule has 0 radical (unpaired) electrons. The van der Waals surface area contributed by atoms with Crippen LogP contribution in [0.3, 0.4) is 0 Å². The van der Waals surface area contributed by atoms with Crippen molar-refractivity contribution in [3.63, 3.8) is 0 Å². The van der Waals surface area contributed by atoms with Crippen LogP contribution in [0, 0.1) is 0 Å². The van der Waals surface area contributed by atoms with E-state index in [2.05, 4.69) is 26.1 Å². The summed E-state index contributed by atoms with van der Waals surface area (Å²) in [6, 6.07) is 0. The first-order valence-corrected chi connectivity index (χ1v) is 6.52. The van der Waals surface area contributed by atoms with Crippen molar-refractivity contribution >= 4 is 0 Å². The second-order valence-corrected chi connectivity index (χ2v) is 5.31. The number of hydrogen-bond donors (Lipinski definition) is 1. The van der Waals surface area contributed by atoms with E-state index in [4.69, 9.17) is 4.74 Å². The van der Waals surface area contributed by atoms with Crippen LogP contribution in [-0.2, 0) is 4.74 Å². The van der Waals surface area contributed by atoms with Crippen LogP contribution < -0.4 is 5.32 Å². The van der Waals surface area contributed by atoms with E-state index in [0.29, 0.717) is 6.10 Å². The van der Waals surface area contributed by atoms with Gasteiger partial charge in [0.05, 0.1) is 11.7 Å². The molecule has 0 unspecified atom stereocenters. The summed E-state index contributed by atoms with van der Waals surface area (Å²) in [5.41, 5.74) is -0.00280. The van der Waals surface area contributed by atoms with Crippen molar-refractivity contribution in [2.75, 3.05) is 13.1 Å². The van der Waals surface area contributed by atoms with Crippen LogP contribution in [0.1, 0.15) is 59.3 Å². The molecule has 1 rings (SSSR count). The van der Waals surface area contributed by atoms with Gasteiger partial charge in [0.2, 0.25) is 0 Å². The van der Waals surface area contributed by atoms with Gasteiger partial charge in [0.1, 0.15) is 0 Å².